The number of hydrogen-bond acceptors (Lipinski definition) is 1. The number of rotatable bonds is 5. The number of carbonyl (C=O) groups excluding carboxylic acids is 1. The average Bonchev–Trinajstić information content (AvgIpc) is 2.29. The smallest absolute Gasteiger partial charge is 0.229 e. The number of amides is 1. The fourth-order valence-electron chi connectivity index (χ4n) is 1.89. The Morgan fingerprint density at radius 3 is 2.20 bits per heavy atom. The van der Waals surface area contributed by atoms with E-state index in [-0.39, 0.29) is 11.3 Å². The van der Waals surface area contributed by atoms with Crippen molar-refractivity contribution < 1.29 is 4.79 Å². The van der Waals surface area contributed by atoms with Gasteiger partial charge in [-0.15, -0.1) is 0 Å². The fraction of sp³-hybridized carbons (Fsp3) is 0.588. The van der Waals surface area contributed by atoms with E-state index in [0.29, 0.717) is 10.7 Å². The Labute approximate surface area is 131 Å². The lowest BCUT2D eigenvalue weighted by molar-refractivity contribution is -0.123. The predicted molar refractivity (Wildman–Crippen MR) is 90.4 cm³/mol. The standard InChI is InChI=1S/C17H26BrNO/c1-12(2)10-14(18)11-13-6-8-15(9-7-13)19-16(20)17(3,4)5/h6-9,12,14H,10-11H2,1-5H3,(H,19,20). The zero-order chi connectivity index (χ0) is 15.3. The summed E-state index contributed by atoms with van der Waals surface area (Å²) in [6.45, 7) is 10.2. The Morgan fingerprint density at radius 2 is 1.75 bits per heavy atom. The molecule has 1 aromatic carbocycles. The number of alkyl halides is 1. The second-order valence-electron chi connectivity index (χ2n) is 6.83. The van der Waals surface area contributed by atoms with E-state index in [1.54, 1.807) is 0 Å². The van der Waals surface area contributed by atoms with E-state index in [9.17, 15) is 4.79 Å². The fourth-order valence-corrected chi connectivity index (χ4v) is 3.01. The Morgan fingerprint density at radius 1 is 1.20 bits per heavy atom. The van der Waals surface area contributed by atoms with Gasteiger partial charge >= 0.3 is 0 Å². The molecule has 0 heterocycles. The molecule has 112 valence electrons. The van der Waals surface area contributed by atoms with E-state index in [0.717, 1.165) is 12.1 Å². The Balaban J connectivity index is 2.59. The minimum Gasteiger partial charge on any atom is -0.326 e. The van der Waals surface area contributed by atoms with Crippen LogP contribution in [0, 0.1) is 11.3 Å². The summed E-state index contributed by atoms with van der Waals surface area (Å²) in [5.41, 5.74) is 1.79. The summed E-state index contributed by atoms with van der Waals surface area (Å²) >= 11 is 3.73. The van der Waals surface area contributed by atoms with Crippen LogP contribution in [0.3, 0.4) is 0 Å². The lowest BCUT2D eigenvalue weighted by atomic mass is 9.95. The molecule has 1 N–H and O–H groups in total. The van der Waals surface area contributed by atoms with E-state index in [4.69, 9.17) is 0 Å². The van der Waals surface area contributed by atoms with Crippen molar-refractivity contribution in [3.8, 4) is 0 Å². The molecule has 0 fully saturated rings. The van der Waals surface area contributed by atoms with Crippen LogP contribution >= 0.6 is 15.9 Å². The molecular formula is C17H26BrNO. The van der Waals surface area contributed by atoms with Crippen LogP contribution in [-0.2, 0) is 11.2 Å². The number of hydrogen-bond donors (Lipinski definition) is 1. The van der Waals surface area contributed by atoms with Crippen LogP contribution in [-0.4, -0.2) is 10.7 Å². The molecule has 0 saturated heterocycles. The third-order valence-electron chi connectivity index (χ3n) is 3.08. The molecule has 0 aliphatic carbocycles. The van der Waals surface area contributed by atoms with Gasteiger partial charge in [0, 0.05) is 15.9 Å². The van der Waals surface area contributed by atoms with E-state index in [1.165, 1.54) is 12.0 Å². The summed E-state index contributed by atoms with van der Waals surface area (Å²) in [6.07, 6.45) is 2.19. The zero-order valence-corrected chi connectivity index (χ0v) is 14.8. The van der Waals surface area contributed by atoms with E-state index in [1.807, 2.05) is 32.9 Å². The Bertz CT molecular complexity index is 431. The largest absolute Gasteiger partial charge is 0.326 e. The number of anilines is 1. The van der Waals surface area contributed by atoms with Crippen LogP contribution in [0.25, 0.3) is 0 Å². The van der Waals surface area contributed by atoms with Gasteiger partial charge in [-0.3, -0.25) is 4.79 Å². The third-order valence-corrected chi connectivity index (χ3v) is 3.77. The van der Waals surface area contributed by atoms with Crippen molar-refractivity contribution in [1.82, 2.24) is 0 Å². The number of benzene rings is 1. The van der Waals surface area contributed by atoms with Gasteiger partial charge in [-0.25, -0.2) is 0 Å². The van der Waals surface area contributed by atoms with Gasteiger partial charge < -0.3 is 5.32 Å². The maximum absolute atomic E-state index is 11.9. The van der Waals surface area contributed by atoms with Crippen LogP contribution in [0.4, 0.5) is 5.69 Å². The number of halogens is 1. The molecule has 0 aromatic heterocycles. The summed E-state index contributed by atoms with van der Waals surface area (Å²) in [5, 5.41) is 2.94. The summed E-state index contributed by atoms with van der Waals surface area (Å²) in [4.78, 5) is 12.4. The summed E-state index contributed by atoms with van der Waals surface area (Å²) in [5.74, 6) is 0.744. The van der Waals surface area contributed by atoms with Crippen molar-refractivity contribution in [3.05, 3.63) is 29.8 Å². The SMILES string of the molecule is CC(C)CC(Br)Cc1ccc(NC(=O)C(C)(C)C)cc1. The van der Waals surface area contributed by atoms with Gasteiger partial charge in [0.15, 0.2) is 0 Å². The highest BCUT2D eigenvalue weighted by molar-refractivity contribution is 9.09. The molecule has 1 atom stereocenters. The first-order chi connectivity index (χ1) is 9.18. The molecule has 0 bridgehead atoms. The second kappa shape index (κ2) is 7.26. The molecule has 1 amide bonds. The van der Waals surface area contributed by atoms with Crippen molar-refractivity contribution in [2.45, 2.75) is 52.3 Å². The highest BCUT2D eigenvalue weighted by Gasteiger charge is 2.21. The molecule has 20 heavy (non-hydrogen) atoms. The zero-order valence-electron chi connectivity index (χ0n) is 13.2. The molecular weight excluding hydrogens is 314 g/mol. The van der Waals surface area contributed by atoms with Crippen molar-refractivity contribution in [2.75, 3.05) is 5.32 Å². The molecule has 0 saturated carbocycles. The number of carbonyl (C=O) groups is 1. The van der Waals surface area contributed by atoms with Crippen molar-refractivity contribution in [3.63, 3.8) is 0 Å². The van der Waals surface area contributed by atoms with Crippen molar-refractivity contribution in [2.24, 2.45) is 11.3 Å². The van der Waals surface area contributed by atoms with E-state index >= 15 is 0 Å². The van der Waals surface area contributed by atoms with Crippen LogP contribution in [0.5, 0.6) is 0 Å². The van der Waals surface area contributed by atoms with Crippen LogP contribution in [0.15, 0.2) is 24.3 Å². The lowest BCUT2D eigenvalue weighted by Gasteiger charge is -2.18. The molecule has 1 unspecified atom stereocenters. The topological polar surface area (TPSA) is 29.1 Å². The molecule has 0 aliphatic rings. The van der Waals surface area contributed by atoms with Crippen LogP contribution < -0.4 is 5.32 Å². The first-order valence-electron chi connectivity index (χ1n) is 7.23. The van der Waals surface area contributed by atoms with E-state index in [2.05, 4.69) is 47.2 Å². The maximum Gasteiger partial charge on any atom is 0.229 e. The highest BCUT2D eigenvalue weighted by atomic mass is 79.9. The summed E-state index contributed by atoms with van der Waals surface area (Å²) < 4.78 is 0. The van der Waals surface area contributed by atoms with Gasteiger partial charge in [0.25, 0.3) is 0 Å². The quantitative estimate of drug-likeness (QED) is 0.749. The highest BCUT2D eigenvalue weighted by Crippen LogP contribution is 2.21. The normalized spacial score (nSPS) is 13.3. The predicted octanol–water partition coefficient (Wildman–Crippen LogP) is 5.02. The molecule has 0 aliphatic heterocycles. The van der Waals surface area contributed by atoms with Gasteiger partial charge in [-0.05, 0) is 36.5 Å². The third kappa shape index (κ3) is 6.08. The lowest BCUT2D eigenvalue weighted by Crippen LogP contribution is -2.27. The van der Waals surface area contributed by atoms with Gasteiger partial charge in [0.2, 0.25) is 5.91 Å². The van der Waals surface area contributed by atoms with Gasteiger partial charge in [0.1, 0.15) is 0 Å². The summed E-state index contributed by atoms with van der Waals surface area (Å²) in [6, 6.07) is 8.14. The molecule has 1 rings (SSSR count). The number of nitrogens with one attached hydrogen (secondary N) is 1. The molecule has 0 radical (unpaired) electrons. The molecule has 3 heteroatoms. The maximum atomic E-state index is 11.9. The Hall–Kier alpha value is -0.830. The van der Waals surface area contributed by atoms with Crippen LogP contribution in [0.1, 0.15) is 46.6 Å². The average molecular weight is 340 g/mol. The first-order valence-corrected chi connectivity index (χ1v) is 8.14. The molecule has 0 spiro atoms. The van der Waals surface area contributed by atoms with Crippen LogP contribution in [0.2, 0.25) is 0 Å². The van der Waals surface area contributed by atoms with Gasteiger partial charge in [-0.1, -0.05) is 62.7 Å². The minimum atomic E-state index is -0.364. The molecule has 1 aromatic rings. The van der Waals surface area contributed by atoms with Crippen molar-refractivity contribution in [1.29, 1.82) is 0 Å². The van der Waals surface area contributed by atoms with Gasteiger partial charge in [0.05, 0.1) is 0 Å². The summed E-state index contributed by atoms with van der Waals surface area (Å²) in [7, 11) is 0. The monoisotopic (exact) mass is 339 g/mol. The second-order valence-corrected chi connectivity index (χ2v) is 8.13. The Kier molecular flexibility index (Phi) is 6.25. The first kappa shape index (κ1) is 17.2. The van der Waals surface area contributed by atoms with E-state index < -0.39 is 0 Å². The van der Waals surface area contributed by atoms with Crippen molar-refractivity contribution >= 4 is 27.5 Å². The minimum absolute atomic E-state index is 0.0448. The van der Waals surface area contributed by atoms with Gasteiger partial charge in [-0.2, -0.15) is 0 Å². The molecule has 2 nitrogen and oxygen atoms in total.